The predicted octanol–water partition coefficient (Wildman–Crippen LogP) is 5.94. The number of hydrogen-bond donors (Lipinski definition) is 2. The van der Waals surface area contributed by atoms with Crippen LogP contribution >= 0.6 is 0 Å². The van der Waals surface area contributed by atoms with Gasteiger partial charge in [0.1, 0.15) is 5.75 Å². The normalized spacial score (nSPS) is 13.0. The zero-order valence-corrected chi connectivity index (χ0v) is 20.2. The van der Waals surface area contributed by atoms with Gasteiger partial charge in [-0.1, -0.05) is 36.4 Å². The van der Waals surface area contributed by atoms with Gasteiger partial charge >= 0.3 is 5.97 Å². The molecule has 0 unspecified atom stereocenters. The number of carboxylic acid groups (broad SMARTS) is 1. The van der Waals surface area contributed by atoms with Crippen LogP contribution in [-0.2, 0) is 29.0 Å². The minimum absolute atomic E-state index is 0.0722. The molecule has 34 heavy (non-hydrogen) atoms. The van der Waals surface area contributed by atoms with Gasteiger partial charge in [-0.25, -0.2) is 0 Å². The quantitative estimate of drug-likeness (QED) is 0.393. The van der Waals surface area contributed by atoms with E-state index < -0.39 is 5.97 Å². The van der Waals surface area contributed by atoms with Gasteiger partial charge in [0.05, 0.1) is 25.7 Å². The third-order valence-electron chi connectivity index (χ3n) is 6.49. The maximum absolute atomic E-state index is 10.9. The monoisotopic (exact) mass is 459 g/mol. The van der Waals surface area contributed by atoms with Crippen molar-refractivity contribution in [3.05, 3.63) is 82.4 Å². The lowest BCUT2D eigenvalue weighted by Gasteiger charge is -2.18. The first-order valence-corrected chi connectivity index (χ1v) is 12.0. The smallest absolute Gasteiger partial charge is 0.305 e. The summed E-state index contributed by atoms with van der Waals surface area (Å²) in [5.74, 6) is 0.0892. The molecule has 2 N–H and O–H groups in total. The van der Waals surface area contributed by atoms with Gasteiger partial charge in [0, 0.05) is 12.2 Å². The Kier molecular flexibility index (Phi) is 7.53. The number of anilines is 1. The van der Waals surface area contributed by atoms with Gasteiger partial charge in [-0.05, 0) is 90.8 Å². The number of fused-ring (bicyclic) bond motifs is 1. The molecule has 0 saturated heterocycles. The minimum Gasteiger partial charge on any atom is -0.494 e. The number of benzene rings is 3. The third-order valence-corrected chi connectivity index (χ3v) is 6.49. The molecule has 0 heterocycles. The van der Waals surface area contributed by atoms with Crippen LogP contribution in [0.2, 0.25) is 0 Å². The molecule has 178 valence electrons. The average molecular weight is 460 g/mol. The van der Waals surface area contributed by atoms with Crippen LogP contribution in [0.4, 0.5) is 5.69 Å². The number of ether oxygens (including phenoxy) is 2. The van der Waals surface area contributed by atoms with Gasteiger partial charge in [-0.3, -0.25) is 4.79 Å². The minimum atomic E-state index is -0.813. The maximum atomic E-state index is 10.9. The molecule has 0 bridgehead atoms. The molecule has 5 nitrogen and oxygen atoms in total. The van der Waals surface area contributed by atoms with Gasteiger partial charge < -0.3 is 19.9 Å². The van der Waals surface area contributed by atoms with E-state index in [9.17, 15) is 4.79 Å². The molecule has 0 fully saturated rings. The van der Waals surface area contributed by atoms with Gasteiger partial charge in [0.25, 0.3) is 0 Å². The first-order valence-electron chi connectivity index (χ1n) is 12.0. The lowest BCUT2D eigenvalue weighted by atomic mass is 9.95. The lowest BCUT2D eigenvalue weighted by molar-refractivity contribution is -0.136. The highest BCUT2D eigenvalue weighted by Crippen LogP contribution is 2.34. The molecular formula is C29H33NO4. The summed E-state index contributed by atoms with van der Waals surface area (Å²) in [5, 5.41) is 12.2. The van der Waals surface area contributed by atoms with E-state index in [1.165, 1.54) is 16.7 Å². The van der Waals surface area contributed by atoms with Crippen LogP contribution in [0, 0.1) is 13.8 Å². The molecule has 1 aliphatic rings. The summed E-state index contributed by atoms with van der Waals surface area (Å²) in [4.78, 5) is 10.9. The largest absolute Gasteiger partial charge is 0.494 e. The summed E-state index contributed by atoms with van der Waals surface area (Å²) in [7, 11) is 0. The number of aliphatic carboxylic acids is 1. The van der Waals surface area contributed by atoms with Crippen LogP contribution in [0.25, 0.3) is 11.1 Å². The van der Waals surface area contributed by atoms with E-state index in [-0.39, 0.29) is 12.5 Å². The van der Waals surface area contributed by atoms with Crippen LogP contribution < -0.4 is 10.1 Å². The van der Waals surface area contributed by atoms with Crippen molar-refractivity contribution in [2.24, 2.45) is 0 Å². The van der Waals surface area contributed by atoms with Gasteiger partial charge in [0.15, 0.2) is 0 Å². The van der Waals surface area contributed by atoms with Gasteiger partial charge in [0.2, 0.25) is 0 Å². The molecule has 1 aliphatic carbocycles. The number of hydrogen-bond acceptors (Lipinski definition) is 4. The molecule has 0 amide bonds. The topological polar surface area (TPSA) is 67.8 Å². The van der Waals surface area contributed by atoms with E-state index in [0.29, 0.717) is 19.8 Å². The summed E-state index contributed by atoms with van der Waals surface area (Å²) < 4.78 is 12.3. The second-order valence-corrected chi connectivity index (χ2v) is 8.90. The molecule has 0 saturated carbocycles. The number of carbonyl (C=O) groups is 1. The van der Waals surface area contributed by atoms with E-state index in [1.807, 2.05) is 13.0 Å². The standard InChI is InChI=1S/C29H33NO4/c1-4-33-28-17-23(13-19(2)20(28)3)27-10-9-25(30-12-11-29(31)32)14-24(27)18-34-26-15-21-7-5-6-8-22(21)16-26/h5-10,13-14,17,26,30H,4,11-12,15-16,18H2,1-3H3,(H,31,32). The van der Waals surface area contributed by atoms with E-state index in [2.05, 4.69) is 67.7 Å². The molecule has 0 spiro atoms. The highest BCUT2D eigenvalue weighted by atomic mass is 16.5. The molecule has 3 aromatic carbocycles. The Bertz CT molecular complexity index is 1150. The van der Waals surface area contributed by atoms with Crippen molar-refractivity contribution in [2.45, 2.75) is 52.7 Å². The van der Waals surface area contributed by atoms with E-state index in [4.69, 9.17) is 14.6 Å². The van der Waals surface area contributed by atoms with Crippen molar-refractivity contribution >= 4 is 11.7 Å². The fourth-order valence-electron chi connectivity index (χ4n) is 4.55. The van der Waals surface area contributed by atoms with Gasteiger partial charge in [-0.15, -0.1) is 0 Å². The lowest BCUT2D eigenvalue weighted by Crippen LogP contribution is -2.13. The third kappa shape index (κ3) is 5.60. The molecular weight excluding hydrogens is 426 g/mol. The number of carboxylic acids is 1. The Morgan fingerprint density at radius 2 is 1.79 bits per heavy atom. The Labute approximate surface area is 201 Å². The second-order valence-electron chi connectivity index (χ2n) is 8.90. The van der Waals surface area contributed by atoms with Crippen LogP contribution in [0.5, 0.6) is 5.75 Å². The highest BCUT2D eigenvalue weighted by Gasteiger charge is 2.22. The van der Waals surface area contributed by atoms with Crippen molar-refractivity contribution in [3.63, 3.8) is 0 Å². The summed E-state index contributed by atoms with van der Waals surface area (Å²) in [6, 6.07) is 19.0. The highest BCUT2D eigenvalue weighted by molar-refractivity contribution is 5.73. The zero-order valence-electron chi connectivity index (χ0n) is 20.2. The van der Waals surface area contributed by atoms with Crippen LogP contribution in [0.3, 0.4) is 0 Å². The zero-order chi connectivity index (χ0) is 24.1. The van der Waals surface area contributed by atoms with Crippen molar-refractivity contribution in [1.82, 2.24) is 0 Å². The number of nitrogens with one attached hydrogen (secondary N) is 1. The Balaban J connectivity index is 1.60. The number of aryl methyl sites for hydroxylation is 1. The van der Waals surface area contributed by atoms with Crippen molar-refractivity contribution in [3.8, 4) is 16.9 Å². The van der Waals surface area contributed by atoms with Gasteiger partial charge in [-0.2, -0.15) is 0 Å². The molecule has 4 rings (SSSR count). The Morgan fingerprint density at radius 3 is 2.47 bits per heavy atom. The summed E-state index contributed by atoms with van der Waals surface area (Å²) in [6.45, 7) is 7.67. The maximum Gasteiger partial charge on any atom is 0.305 e. The van der Waals surface area contributed by atoms with Crippen LogP contribution in [-0.4, -0.2) is 30.3 Å². The molecule has 0 aromatic heterocycles. The molecule has 0 radical (unpaired) electrons. The Hall–Kier alpha value is -3.31. The number of rotatable bonds is 10. The molecule has 0 aliphatic heterocycles. The summed E-state index contributed by atoms with van der Waals surface area (Å²) in [6.07, 6.45) is 2.09. The van der Waals surface area contributed by atoms with Crippen molar-refractivity contribution < 1.29 is 19.4 Å². The Morgan fingerprint density at radius 1 is 1.06 bits per heavy atom. The SMILES string of the molecule is CCOc1cc(-c2ccc(NCCC(=O)O)cc2COC2Cc3ccccc3C2)cc(C)c1C. The van der Waals surface area contributed by atoms with Crippen LogP contribution in [0.1, 0.15) is 41.2 Å². The fourth-order valence-corrected chi connectivity index (χ4v) is 4.55. The van der Waals surface area contributed by atoms with E-state index in [1.54, 1.807) is 0 Å². The second kappa shape index (κ2) is 10.7. The first kappa shape index (κ1) is 23.8. The fraction of sp³-hybridized carbons (Fsp3) is 0.345. The van der Waals surface area contributed by atoms with Crippen molar-refractivity contribution in [2.75, 3.05) is 18.5 Å². The predicted molar refractivity (Wildman–Crippen MR) is 136 cm³/mol. The van der Waals surface area contributed by atoms with E-state index >= 15 is 0 Å². The summed E-state index contributed by atoms with van der Waals surface area (Å²) in [5.41, 5.74) is 9.23. The average Bonchev–Trinajstić information content (AvgIpc) is 3.24. The molecule has 0 atom stereocenters. The van der Waals surface area contributed by atoms with Crippen LogP contribution in [0.15, 0.2) is 54.6 Å². The molecule has 3 aromatic rings. The van der Waals surface area contributed by atoms with E-state index in [0.717, 1.165) is 46.5 Å². The summed E-state index contributed by atoms with van der Waals surface area (Å²) >= 11 is 0. The molecule has 5 heteroatoms. The van der Waals surface area contributed by atoms with Crippen molar-refractivity contribution in [1.29, 1.82) is 0 Å². The first-order chi connectivity index (χ1) is 16.4.